The molecule has 0 radical (unpaired) electrons. The highest BCUT2D eigenvalue weighted by Gasteiger charge is 2.40. The van der Waals surface area contributed by atoms with Crippen LogP contribution in [0.25, 0.3) is 0 Å². The van der Waals surface area contributed by atoms with Crippen LogP contribution in [0.1, 0.15) is 64.9 Å². The summed E-state index contributed by atoms with van der Waals surface area (Å²) in [5.74, 6) is 1.08. The second kappa shape index (κ2) is 10.7. The van der Waals surface area contributed by atoms with E-state index < -0.39 is 0 Å². The quantitative estimate of drug-likeness (QED) is 0.380. The van der Waals surface area contributed by atoms with Gasteiger partial charge in [-0.15, -0.1) is 0 Å². The average molecular weight is 433 g/mol. The molecule has 0 aliphatic heterocycles. The lowest BCUT2D eigenvalue weighted by molar-refractivity contribution is -0.125. The van der Waals surface area contributed by atoms with Crippen molar-refractivity contribution >= 4 is 17.4 Å². The van der Waals surface area contributed by atoms with Crippen molar-refractivity contribution in [3.05, 3.63) is 46.3 Å². The Hall–Kier alpha value is -1.52. The lowest BCUT2D eigenvalue weighted by Crippen LogP contribution is -2.34. The van der Waals surface area contributed by atoms with Crippen molar-refractivity contribution in [2.45, 2.75) is 65.7 Å². The van der Waals surface area contributed by atoms with Gasteiger partial charge in [0.1, 0.15) is 0 Å². The SMILES string of the molecule is CCNCN/C1=C(\OCC2(C)CC2)C(=O)C(CCc2cccc(Cl)c2)C(C)CCC1. The third kappa shape index (κ3) is 6.49. The van der Waals surface area contributed by atoms with Crippen LogP contribution in [0.4, 0.5) is 0 Å². The van der Waals surface area contributed by atoms with Gasteiger partial charge in [-0.05, 0) is 75.1 Å². The van der Waals surface area contributed by atoms with Gasteiger partial charge in [-0.2, -0.15) is 0 Å². The van der Waals surface area contributed by atoms with Gasteiger partial charge in [-0.25, -0.2) is 0 Å². The second-order valence-electron chi connectivity index (χ2n) is 9.37. The number of ether oxygens (including phenoxy) is 1. The van der Waals surface area contributed by atoms with Crippen LogP contribution in [-0.2, 0) is 16.0 Å². The molecular formula is C25H37ClN2O2. The molecule has 4 nitrogen and oxygen atoms in total. The molecule has 2 N–H and O–H groups in total. The minimum atomic E-state index is -0.0257. The molecule has 30 heavy (non-hydrogen) atoms. The first-order valence-corrected chi connectivity index (χ1v) is 11.9. The average Bonchev–Trinajstić information content (AvgIpc) is 3.44. The Balaban J connectivity index is 1.78. The molecule has 3 rings (SSSR count). The van der Waals surface area contributed by atoms with Crippen molar-refractivity contribution in [3.63, 3.8) is 0 Å². The first-order valence-electron chi connectivity index (χ1n) is 11.5. The van der Waals surface area contributed by atoms with E-state index in [9.17, 15) is 4.79 Å². The second-order valence-corrected chi connectivity index (χ2v) is 9.81. The van der Waals surface area contributed by atoms with Crippen LogP contribution in [0, 0.1) is 17.3 Å². The Bertz CT molecular complexity index is 757. The summed E-state index contributed by atoms with van der Waals surface area (Å²) in [5, 5.41) is 7.50. The third-order valence-corrected chi connectivity index (χ3v) is 6.82. The number of hydrogen-bond donors (Lipinski definition) is 2. The van der Waals surface area contributed by atoms with Gasteiger partial charge in [0, 0.05) is 16.4 Å². The lowest BCUT2D eigenvalue weighted by atomic mass is 9.79. The van der Waals surface area contributed by atoms with Crippen molar-refractivity contribution < 1.29 is 9.53 Å². The number of Topliss-reactive ketones (excluding diaryl/α,β-unsaturated/α-hetero) is 1. The molecule has 0 aromatic heterocycles. The molecular weight excluding hydrogens is 396 g/mol. The van der Waals surface area contributed by atoms with Crippen LogP contribution >= 0.6 is 11.6 Å². The smallest absolute Gasteiger partial charge is 0.202 e. The van der Waals surface area contributed by atoms with Gasteiger partial charge < -0.3 is 15.4 Å². The molecule has 0 bridgehead atoms. The normalized spacial score (nSPS) is 26.1. The van der Waals surface area contributed by atoms with E-state index >= 15 is 0 Å². The van der Waals surface area contributed by atoms with Crippen LogP contribution in [0.3, 0.4) is 0 Å². The molecule has 0 saturated heterocycles. The summed E-state index contributed by atoms with van der Waals surface area (Å²) in [5.41, 5.74) is 2.40. The number of ketones is 1. The number of allylic oxidation sites excluding steroid dienone is 2. The number of carbonyl (C=O) groups is 1. The maximum absolute atomic E-state index is 13.7. The van der Waals surface area contributed by atoms with Gasteiger partial charge in [0.25, 0.3) is 0 Å². The largest absolute Gasteiger partial charge is 0.487 e. The van der Waals surface area contributed by atoms with Crippen molar-refractivity contribution in [1.82, 2.24) is 10.6 Å². The van der Waals surface area contributed by atoms with Crippen molar-refractivity contribution in [2.75, 3.05) is 19.8 Å². The summed E-state index contributed by atoms with van der Waals surface area (Å²) in [7, 11) is 0. The Kier molecular flexibility index (Phi) is 8.24. The van der Waals surface area contributed by atoms with Gasteiger partial charge in [0.05, 0.1) is 19.0 Å². The minimum Gasteiger partial charge on any atom is -0.487 e. The minimum absolute atomic E-state index is 0.0257. The highest BCUT2D eigenvalue weighted by molar-refractivity contribution is 6.30. The zero-order valence-electron chi connectivity index (χ0n) is 18.7. The monoisotopic (exact) mass is 432 g/mol. The number of benzene rings is 1. The van der Waals surface area contributed by atoms with E-state index in [-0.39, 0.29) is 17.1 Å². The molecule has 5 heteroatoms. The molecule has 2 aliphatic carbocycles. The molecule has 0 amide bonds. The summed E-state index contributed by atoms with van der Waals surface area (Å²) in [4.78, 5) is 13.7. The van der Waals surface area contributed by atoms with Crippen LogP contribution in [-0.4, -0.2) is 25.6 Å². The molecule has 2 atom stereocenters. The molecule has 1 aromatic carbocycles. The van der Waals surface area contributed by atoms with Gasteiger partial charge in [-0.1, -0.05) is 44.5 Å². The van der Waals surface area contributed by atoms with E-state index in [0.29, 0.717) is 25.0 Å². The molecule has 0 heterocycles. The van der Waals surface area contributed by atoms with Crippen LogP contribution in [0.2, 0.25) is 5.02 Å². The number of rotatable bonds is 10. The Labute approximate surface area is 186 Å². The van der Waals surface area contributed by atoms with E-state index in [4.69, 9.17) is 16.3 Å². The van der Waals surface area contributed by atoms with E-state index in [1.165, 1.54) is 18.4 Å². The van der Waals surface area contributed by atoms with Gasteiger partial charge >= 0.3 is 0 Å². The number of halogens is 1. The first kappa shape index (κ1) is 23.1. The van der Waals surface area contributed by atoms with E-state index in [0.717, 1.165) is 49.4 Å². The molecule has 166 valence electrons. The van der Waals surface area contributed by atoms with Crippen LogP contribution in [0.15, 0.2) is 35.7 Å². The molecule has 2 aliphatic rings. The molecule has 1 aromatic rings. The Morgan fingerprint density at radius 3 is 2.80 bits per heavy atom. The van der Waals surface area contributed by atoms with Gasteiger partial charge in [-0.3, -0.25) is 4.79 Å². The fraction of sp³-hybridized carbons (Fsp3) is 0.640. The van der Waals surface area contributed by atoms with Gasteiger partial charge in [0.15, 0.2) is 5.76 Å². The summed E-state index contributed by atoms with van der Waals surface area (Å²) in [6.45, 7) is 8.73. The van der Waals surface area contributed by atoms with E-state index in [1.807, 2.05) is 18.2 Å². The fourth-order valence-electron chi connectivity index (χ4n) is 4.15. The summed E-state index contributed by atoms with van der Waals surface area (Å²) < 4.78 is 6.27. The molecule has 2 unspecified atom stereocenters. The molecule has 1 fully saturated rings. The number of nitrogens with one attached hydrogen (secondary N) is 2. The zero-order chi connectivity index (χ0) is 21.6. The maximum atomic E-state index is 13.7. The lowest BCUT2D eigenvalue weighted by Gasteiger charge is -2.29. The van der Waals surface area contributed by atoms with Crippen LogP contribution < -0.4 is 10.6 Å². The summed E-state index contributed by atoms with van der Waals surface area (Å²) >= 11 is 6.16. The van der Waals surface area contributed by atoms with Crippen molar-refractivity contribution in [2.24, 2.45) is 17.3 Å². The number of hydrogen-bond acceptors (Lipinski definition) is 4. The topological polar surface area (TPSA) is 50.4 Å². The molecule has 1 saturated carbocycles. The van der Waals surface area contributed by atoms with Crippen LogP contribution in [0.5, 0.6) is 0 Å². The van der Waals surface area contributed by atoms with E-state index in [1.54, 1.807) is 0 Å². The van der Waals surface area contributed by atoms with E-state index in [2.05, 4.69) is 37.5 Å². The predicted molar refractivity (Wildman–Crippen MR) is 123 cm³/mol. The van der Waals surface area contributed by atoms with Crippen molar-refractivity contribution in [1.29, 1.82) is 0 Å². The fourth-order valence-corrected chi connectivity index (χ4v) is 4.36. The zero-order valence-corrected chi connectivity index (χ0v) is 19.5. The summed E-state index contributed by atoms with van der Waals surface area (Å²) in [6, 6.07) is 7.97. The third-order valence-electron chi connectivity index (χ3n) is 6.59. The highest BCUT2D eigenvalue weighted by atomic mass is 35.5. The summed E-state index contributed by atoms with van der Waals surface area (Å²) in [6.07, 6.45) is 7.04. The Morgan fingerprint density at radius 2 is 2.10 bits per heavy atom. The Morgan fingerprint density at radius 1 is 1.30 bits per heavy atom. The first-order chi connectivity index (χ1) is 14.4. The standard InChI is InChI=1S/C25H37ClN2O2/c1-4-27-17-28-22-10-5-7-18(2)21(12-11-19-8-6-9-20(26)15-19)23(29)24(22)30-16-25(3)13-14-25/h6,8-9,15,18,21,27-28H,4-5,7,10-14,16-17H2,1-3H3/b24-22-. The molecule has 0 spiro atoms. The predicted octanol–water partition coefficient (Wildman–Crippen LogP) is 5.46. The van der Waals surface area contributed by atoms with Gasteiger partial charge in [0.2, 0.25) is 5.78 Å². The van der Waals surface area contributed by atoms with Crippen molar-refractivity contribution in [3.8, 4) is 0 Å². The maximum Gasteiger partial charge on any atom is 0.202 e. The number of carbonyl (C=O) groups excluding carboxylic acids is 1. The highest BCUT2D eigenvalue weighted by Crippen LogP contribution is 2.45. The number of aryl methyl sites for hydroxylation is 1.